The van der Waals surface area contributed by atoms with Crippen molar-refractivity contribution in [2.24, 2.45) is 0 Å². The normalized spacial score (nSPS) is 13.0. The highest BCUT2D eigenvalue weighted by Gasteiger charge is 2.08. The van der Waals surface area contributed by atoms with E-state index in [9.17, 15) is 0 Å². The zero-order valence-corrected chi connectivity index (χ0v) is 10.2. The lowest BCUT2D eigenvalue weighted by Crippen LogP contribution is -2.25. The van der Waals surface area contributed by atoms with E-state index >= 15 is 0 Å². The molecule has 2 aromatic heterocycles. The molecule has 0 spiro atoms. The van der Waals surface area contributed by atoms with Crippen LogP contribution in [-0.2, 0) is 0 Å². The minimum atomic E-state index is 0.0950. The van der Waals surface area contributed by atoms with Gasteiger partial charge in [0.2, 0.25) is 5.95 Å². The lowest BCUT2D eigenvalue weighted by molar-refractivity contribution is 0.829. The van der Waals surface area contributed by atoms with E-state index in [1.54, 1.807) is 11.3 Å². The van der Waals surface area contributed by atoms with Gasteiger partial charge < -0.3 is 4.90 Å². The Kier molecular flexibility index (Phi) is 3.07. The van der Waals surface area contributed by atoms with Crippen molar-refractivity contribution in [3.63, 3.8) is 0 Å². The van der Waals surface area contributed by atoms with Crippen LogP contribution in [-0.4, -0.2) is 28.9 Å². The second kappa shape index (κ2) is 4.33. The molecule has 0 aliphatic heterocycles. The maximum atomic E-state index is 5.93. The number of aromatic nitrogens is 2. The van der Waals surface area contributed by atoms with Gasteiger partial charge in [0.1, 0.15) is 4.83 Å². The standard InChI is InChI=1S/C10H12ClN3S/c1-7(11)6-14(2)10-12-5-8-3-4-15-9(8)13-10/h3-5,7H,6H2,1-2H3. The van der Waals surface area contributed by atoms with Gasteiger partial charge in [0.15, 0.2) is 0 Å². The van der Waals surface area contributed by atoms with Gasteiger partial charge in [0, 0.05) is 30.6 Å². The number of hydrogen-bond donors (Lipinski definition) is 0. The first kappa shape index (κ1) is 10.6. The van der Waals surface area contributed by atoms with E-state index < -0.39 is 0 Å². The van der Waals surface area contributed by atoms with Crippen LogP contribution in [0, 0.1) is 0 Å². The van der Waals surface area contributed by atoms with Crippen LogP contribution < -0.4 is 4.90 Å². The maximum absolute atomic E-state index is 5.93. The molecule has 5 heteroatoms. The van der Waals surface area contributed by atoms with Gasteiger partial charge in [-0.05, 0) is 18.4 Å². The number of nitrogens with zero attached hydrogens (tertiary/aromatic N) is 3. The van der Waals surface area contributed by atoms with Crippen molar-refractivity contribution in [2.75, 3.05) is 18.5 Å². The Morgan fingerprint density at radius 1 is 1.60 bits per heavy atom. The van der Waals surface area contributed by atoms with Gasteiger partial charge in [-0.3, -0.25) is 0 Å². The summed E-state index contributed by atoms with van der Waals surface area (Å²) < 4.78 is 0. The number of halogens is 1. The summed E-state index contributed by atoms with van der Waals surface area (Å²) in [6, 6.07) is 2.02. The molecule has 80 valence electrons. The van der Waals surface area contributed by atoms with E-state index in [1.165, 1.54) is 0 Å². The number of fused-ring (bicyclic) bond motifs is 1. The van der Waals surface area contributed by atoms with Gasteiger partial charge in [0.25, 0.3) is 0 Å². The Morgan fingerprint density at radius 2 is 2.40 bits per heavy atom. The molecule has 1 atom stereocenters. The quantitative estimate of drug-likeness (QED) is 0.774. The highest BCUT2D eigenvalue weighted by Crippen LogP contribution is 2.19. The summed E-state index contributed by atoms with van der Waals surface area (Å²) in [7, 11) is 1.95. The molecule has 2 heterocycles. The summed E-state index contributed by atoms with van der Waals surface area (Å²) in [5.74, 6) is 0.734. The fourth-order valence-electron chi connectivity index (χ4n) is 1.39. The first-order valence-electron chi connectivity index (χ1n) is 4.72. The predicted molar refractivity (Wildman–Crippen MR) is 66.0 cm³/mol. The first-order chi connectivity index (χ1) is 7.16. The van der Waals surface area contributed by atoms with Crippen LogP contribution in [0.25, 0.3) is 10.2 Å². The van der Waals surface area contributed by atoms with Crippen LogP contribution in [0.4, 0.5) is 5.95 Å². The Bertz CT molecular complexity index is 455. The van der Waals surface area contributed by atoms with E-state index in [0.29, 0.717) is 0 Å². The Balaban J connectivity index is 2.27. The minimum absolute atomic E-state index is 0.0950. The fraction of sp³-hybridized carbons (Fsp3) is 0.400. The van der Waals surface area contributed by atoms with Crippen molar-refractivity contribution < 1.29 is 0 Å². The molecule has 2 rings (SSSR count). The van der Waals surface area contributed by atoms with Crippen LogP contribution in [0.3, 0.4) is 0 Å². The van der Waals surface area contributed by atoms with E-state index in [0.717, 1.165) is 22.7 Å². The largest absolute Gasteiger partial charge is 0.342 e. The van der Waals surface area contributed by atoms with E-state index in [-0.39, 0.29) is 5.38 Å². The van der Waals surface area contributed by atoms with Crippen molar-refractivity contribution >= 4 is 39.1 Å². The van der Waals surface area contributed by atoms with Crippen LogP contribution in [0.1, 0.15) is 6.92 Å². The second-order valence-corrected chi connectivity index (χ2v) is 5.15. The van der Waals surface area contributed by atoms with Crippen LogP contribution in [0.2, 0.25) is 0 Å². The summed E-state index contributed by atoms with van der Waals surface area (Å²) in [5, 5.41) is 3.21. The zero-order chi connectivity index (χ0) is 10.8. The molecular formula is C10H12ClN3S. The van der Waals surface area contributed by atoms with Gasteiger partial charge in [-0.25, -0.2) is 9.97 Å². The third-order valence-corrected chi connectivity index (χ3v) is 3.02. The maximum Gasteiger partial charge on any atom is 0.226 e. The number of anilines is 1. The third kappa shape index (κ3) is 2.38. The van der Waals surface area contributed by atoms with Gasteiger partial charge in [-0.1, -0.05) is 0 Å². The number of rotatable bonds is 3. The van der Waals surface area contributed by atoms with E-state index in [4.69, 9.17) is 11.6 Å². The summed E-state index contributed by atoms with van der Waals surface area (Å²) in [6.45, 7) is 2.71. The molecular weight excluding hydrogens is 230 g/mol. The third-order valence-electron chi connectivity index (χ3n) is 2.06. The Labute approximate surface area is 97.7 Å². The summed E-state index contributed by atoms with van der Waals surface area (Å²) >= 11 is 7.55. The lowest BCUT2D eigenvalue weighted by atomic mass is 10.4. The summed E-state index contributed by atoms with van der Waals surface area (Å²) in [4.78, 5) is 11.7. The van der Waals surface area contributed by atoms with Gasteiger partial charge in [-0.15, -0.1) is 22.9 Å². The number of alkyl halides is 1. The van der Waals surface area contributed by atoms with Crippen molar-refractivity contribution in [3.8, 4) is 0 Å². The molecule has 2 aromatic rings. The van der Waals surface area contributed by atoms with Crippen LogP contribution >= 0.6 is 22.9 Å². The lowest BCUT2D eigenvalue weighted by Gasteiger charge is -2.17. The molecule has 0 aliphatic rings. The Hall–Kier alpha value is -0.870. The monoisotopic (exact) mass is 241 g/mol. The molecule has 0 radical (unpaired) electrons. The van der Waals surface area contributed by atoms with Crippen molar-refractivity contribution in [1.29, 1.82) is 0 Å². The van der Waals surface area contributed by atoms with Crippen LogP contribution in [0.5, 0.6) is 0 Å². The smallest absolute Gasteiger partial charge is 0.226 e. The zero-order valence-electron chi connectivity index (χ0n) is 8.64. The molecule has 0 aliphatic carbocycles. The van der Waals surface area contributed by atoms with E-state index in [2.05, 4.69) is 9.97 Å². The topological polar surface area (TPSA) is 29.0 Å². The number of hydrogen-bond acceptors (Lipinski definition) is 4. The SMILES string of the molecule is CC(Cl)CN(C)c1ncc2ccsc2n1. The highest BCUT2D eigenvalue weighted by molar-refractivity contribution is 7.16. The molecule has 0 saturated carbocycles. The molecule has 0 amide bonds. The van der Waals surface area contributed by atoms with Crippen molar-refractivity contribution in [1.82, 2.24) is 9.97 Å². The van der Waals surface area contributed by atoms with Gasteiger partial charge in [-0.2, -0.15) is 0 Å². The van der Waals surface area contributed by atoms with Crippen LogP contribution in [0.15, 0.2) is 17.6 Å². The van der Waals surface area contributed by atoms with Crippen molar-refractivity contribution in [2.45, 2.75) is 12.3 Å². The molecule has 0 N–H and O–H groups in total. The molecule has 15 heavy (non-hydrogen) atoms. The number of thiophene rings is 1. The summed E-state index contributed by atoms with van der Waals surface area (Å²) in [6.07, 6.45) is 1.85. The minimum Gasteiger partial charge on any atom is -0.342 e. The molecule has 3 nitrogen and oxygen atoms in total. The van der Waals surface area contributed by atoms with E-state index in [1.807, 2.05) is 36.5 Å². The predicted octanol–water partition coefficient (Wildman–Crippen LogP) is 2.75. The molecule has 0 bridgehead atoms. The van der Waals surface area contributed by atoms with Crippen molar-refractivity contribution in [3.05, 3.63) is 17.6 Å². The van der Waals surface area contributed by atoms with Gasteiger partial charge >= 0.3 is 0 Å². The van der Waals surface area contributed by atoms with Gasteiger partial charge in [0.05, 0.1) is 0 Å². The fourth-order valence-corrected chi connectivity index (χ4v) is 2.33. The molecule has 0 fully saturated rings. The average molecular weight is 242 g/mol. The second-order valence-electron chi connectivity index (χ2n) is 3.51. The first-order valence-corrected chi connectivity index (χ1v) is 6.04. The highest BCUT2D eigenvalue weighted by atomic mass is 35.5. The Morgan fingerprint density at radius 3 is 3.13 bits per heavy atom. The molecule has 1 unspecified atom stereocenters. The molecule has 0 saturated heterocycles. The summed E-state index contributed by atoms with van der Waals surface area (Å²) in [5.41, 5.74) is 0. The molecule has 0 aromatic carbocycles. The average Bonchev–Trinajstić information content (AvgIpc) is 2.62.